The molecule has 180 valence electrons. The second-order valence-corrected chi connectivity index (χ2v) is 10.7. The molecule has 0 spiro atoms. The molecule has 1 fully saturated rings. The SMILES string of the molecule is Cc1noc(C)c1S(=O)(=O)N1CCCN(C(=O)[C@@H](NC(=O)c2ccccc2Cl)C(C)C)CC1. The molecule has 33 heavy (non-hydrogen) atoms. The average molecular weight is 497 g/mol. The zero-order valence-electron chi connectivity index (χ0n) is 19.2. The number of hydrogen-bond acceptors (Lipinski definition) is 6. The van der Waals surface area contributed by atoms with Crippen molar-refractivity contribution in [2.75, 3.05) is 26.2 Å². The summed E-state index contributed by atoms with van der Waals surface area (Å²) in [6.45, 7) is 7.87. The number of aromatic nitrogens is 1. The molecule has 1 aromatic heterocycles. The molecule has 1 aliphatic heterocycles. The number of rotatable bonds is 6. The van der Waals surface area contributed by atoms with E-state index in [2.05, 4.69) is 10.5 Å². The maximum atomic E-state index is 13.3. The summed E-state index contributed by atoms with van der Waals surface area (Å²) in [6.07, 6.45) is 0.470. The number of carbonyl (C=O) groups is 2. The summed E-state index contributed by atoms with van der Waals surface area (Å²) in [6, 6.07) is 5.88. The van der Waals surface area contributed by atoms with E-state index in [1.807, 2.05) is 13.8 Å². The summed E-state index contributed by atoms with van der Waals surface area (Å²) < 4.78 is 32.7. The van der Waals surface area contributed by atoms with E-state index in [9.17, 15) is 18.0 Å². The van der Waals surface area contributed by atoms with E-state index in [1.165, 1.54) is 4.31 Å². The Balaban J connectivity index is 1.73. The lowest BCUT2D eigenvalue weighted by molar-refractivity contribution is -0.134. The van der Waals surface area contributed by atoms with Gasteiger partial charge >= 0.3 is 0 Å². The van der Waals surface area contributed by atoms with Crippen LogP contribution in [0.5, 0.6) is 0 Å². The highest BCUT2D eigenvalue weighted by molar-refractivity contribution is 7.89. The minimum Gasteiger partial charge on any atom is -0.360 e. The van der Waals surface area contributed by atoms with Gasteiger partial charge in [-0.15, -0.1) is 0 Å². The Bertz CT molecular complexity index is 1110. The van der Waals surface area contributed by atoms with Crippen molar-refractivity contribution in [2.24, 2.45) is 5.92 Å². The molecule has 2 amide bonds. The Kier molecular flexibility index (Phi) is 7.81. The highest BCUT2D eigenvalue weighted by Crippen LogP contribution is 2.24. The van der Waals surface area contributed by atoms with Crippen LogP contribution in [0.3, 0.4) is 0 Å². The smallest absolute Gasteiger partial charge is 0.253 e. The second kappa shape index (κ2) is 10.2. The molecule has 0 saturated carbocycles. The van der Waals surface area contributed by atoms with Gasteiger partial charge in [-0.2, -0.15) is 4.31 Å². The molecule has 0 bridgehead atoms. The molecule has 2 heterocycles. The van der Waals surface area contributed by atoms with E-state index in [1.54, 1.807) is 43.0 Å². The Morgan fingerprint density at radius 1 is 1.12 bits per heavy atom. The van der Waals surface area contributed by atoms with Crippen molar-refractivity contribution in [3.05, 3.63) is 46.3 Å². The number of sulfonamides is 1. The zero-order chi connectivity index (χ0) is 24.3. The fourth-order valence-electron chi connectivity index (χ4n) is 3.90. The van der Waals surface area contributed by atoms with Crippen molar-refractivity contribution in [1.82, 2.24) is 19.7 Å². The lowest BCUT2D eigenvalue weighted by atomic mass is 10.0. The van der Waals surface area contributed by atoms with Gasteiger partial charge < -0.3 is 14.7 Å². The van der Waals surface area contributed by atoms with E-state index in [-0.39, 0.29) is 42.1 Å². The molecule has 1 atom stereocenters. The molecule has 3 rings (SSSR count). The minimum atomic E-state index is -3.79. The minimum absolute atomic E-state index is 0.0781. The van der Waals surface area contributed by atoms with Gasteiger partial charge in [-0.3, -0.25) is 9.59 Å². The van der Waals surface area contributed by atoms with Gasteiger partial charge in [-0.1, -0.05) is 42.7 Å². The summed E-state index contributed by atoms with van der Waals surface area (Å²) in [5, 5.41) is 6.86. The number of nitrogens with zero attached hydrogens (tertiary/aromatic N) is 3. The summed E-state index contributed by atoms with van der Waals surface area (Å²) in [7, 11) is -3.79. The normalized spacial score (nSPS) is 16.5. The molecular formula is C22H29ClN4O5S. The van der Waals surface area contributed by atoms with Crippen LogP contribution in [0.4, 0.5) is 0 Å². The number of halogens is 1. The van der Waals surface area contributed by atoms with E-state index in [0.717, 1.165) is 0 Å². The summed E-state index contributed by atoms with van der Waals surface area (Å²) in [4.78, 5) is 27.8. The molecular weight excluding hydrogens is 468 g/mol. The monoisotopic (exact) mass is 496 g/mol. The lowest BCUT2D eigenvalue weighted by Crippen LogP contribution is -2.52. The van der Waals surface area contributed by atoms with Crippen LogP contribution in [0.25, 0.3) is 0 Å². The van der Waals surface area contributed by atoms with Crippen LogP contribution in [0.2, 0.25) is 5.02 Å². The predicted molar refractivity (Wildman–Crippen MR) is 123 cm³/mol. The van der Waals surface area contributed by atoms with Gasteiger partial charge in [0.2, 0.25) is 15.9 Å². The molecule has 0 radical (unpaired) electrons. The first kappa shape index (κ1) is 25.2. The van der Waals surface area contributed by atoms with Crippen LogP contribution in [-0.2, 0) is 14.8 Å². The molecule has 1 aromatic carbocycles. The number of carbonyl (C=O) groups excluding carboxylic acids is 2. The van der Waals surface area contributed by atoms with Crippen LogP contribution >= 0.6 is 11.6 Å². The van der Waals surface area contributed by atoms with Crippen LogP contribution in [0.1, 0.15) is 42.1 Å². The van der Waals surface area contributed by atoms with Crippen molar-refractivity contribution in [3.8, 4) is 0 Å². The van der Waals surface area contributed by atoms with E-state index < -0.39 is 22.0 Å². The summed E-state index contributed by atoms with van der Waals surface area (Å²) >= 11 is 6.13. The van der Waals surface area contributed by atoms with Crippen molar-refractivity contribution >= 4 is 33.4 Å². The van der Waals surface area contributed by atoms with Gasteiger partial charge in [0.15, 0.2) is 5.76 Å². The molecule has 0 aliphatic carbocycles. The largest absolute Gasteiger partial charge is 0.360 e. The Morgan fingerprint density at radius 2 is 1.82 bits per heavy atom. The third-order valence-corrected chi connectivity index (χ3v) is 8.14. The van der Waals surface area contributed by atoms with Gasteiger partial charge in [-0.05, 0) is 38.3 Å². The van der Waals surface area contributed by atoms with Gasteiger partial charge in [-0.25, -0.2) is 8.42 Å². The Labute approximate surface area is 199 Å². The highest BCUT2D eigenvalue weighted by Gasteiger charge is 2.35. The molecule has 0 unspecified atom stereocenters. The standard InChI is InChI=1S/C22H29ClN4O5S/c1-14(2)19(24-21(28)17-8-5-6-9-18(17)23)22(29)26-10-7-11-27(13-12-26)33(30,31)20-15(3)25-32-16(20)4/h5-6,8-9,14,19H,7,10-13H2,1-4H3,(H,24,28)/t19-/m0/s1. The van der Waals surface area contributed by atoms with Crippen LogP contribution < -0.4 is 5.32 Å². The van der Waals surface area contributed by atoms with E-state index >= 15 is 0 Å². The van der Waals surface area contributed by atoms with Gasteiger partial charge in [0, 0.05) is 26.2 Å². The fourth-order valence-corrected chi connectivity index (χ4v) is 5.88. The van der Waals surface area contributed by atoms with Gasteiger partial charge in [0.25, 0.3) is 5.91 Å². The Morgan fingerprint density at radius 3 is 2.42 bits per heavy atom. The van der Waals surface area contributed by atoms with Crippen LogP contribution in [-0.4, -0.2) is 66.8 Å². The number of nitrogens with one attached hydrogen (secondary N) is 1. The van der Waals surface area contributed by atoms with Crippen molar-refractivity contribution in [1.29, 1.82) is 0 Å². The first-order valence-electron chi connectivity index (χ1n) is 10.8. The third kappa shape index (κ3) is 5.39. The molecule has 11 heteroatoms. The highest BCUT2D eigenvalue weighted by atomic mass is 35.5. The fraction of sp³-hybridized carbons (Fsp3) is 0.500. The van der Waals surface area contributed by atoms with Crippen LogP contribution in [0, 0.1) is 19.8 Å². The first-order valence-corrected chi connectivity index (χ1v) is 12.6. The zero-order valence-corrected chi connectivity index (χ0v) is 20.7. The van der Waals surface area contributed by atoms with Crippen molar-refractivity contribution < 1.29 is 22.5 Å². The Hall–Kier alpha value is -2.43. The third-order valence-electron chi connectivity index (χ3n) is 5.67. The molecule has 9 nitrogen and oxygen atoms in total. The maximum absolute atomic E-state index is 13.3. The number of amides is 2. The van der Waals surface area contributed by atoms with Crippen molar-refractivity contribution in [2.45, 2.75) is 45.1 Å². The van der Waals surface area contributed by atoms with Gasteiger partial charge in [0.1, 0.15) is 16.6 Å². The van der Waals surface area contributed by atoms with Crippen LogP contribution in [0.15, 0.2) is 33.7 Å². The number of aryl methyl sites for hydroxylation is 2. The molecule has 1 saturated heterocycles. The van der Waals surface area contributed by atoms with E-state index in [0.29, 0.717) is 29.2 Å². The van der Waals surface area contributed by atoms with E-state index in [4.69, 9.17) is 16.1 Å². The quantitative estimate of drug-likeness (QED) is 0.657. The number of hydrogen-bond donors (Lipinski definition) is 1. The summed E-state index contributed by atoms with van der Waals surface area (Å²) in [5.74, 6) is -0.603. The lowest BCUT2D eigenvalue weighted by Gasteiger charge is -2.29. The average Bonchev–Trinajstić information content (AvgIpc) is 2.95. The predicted octanol–water partition coefficient (Wildman–Crippen LogP) is 2.62. The molecule has 2 aromatic rings. The topological polar surface area (TPSA) is 113 Å². The first-order chi connectivity index (χ1) is 15.5. The van der Waals surface area contributed by atoms with Gasteiger partial charge in [0.05, 0.1) is 10.6 Å². The second-order valence-electron chi connectivity index (χ2n) is 8.41. The summed E-state index contributed by atoms with van der Waals surface area (Å²) in [5.41, 5.74) is 0.608. The van der Waals surface area contributed by atoms with Crippen molar-refractivity contribution in [3.63, 3.8) is 0 Å². The number of benzene rings is 1. The molecule has 1 N–H and O–H groups in total. The molecule has 1 aliphatic rings. The maximum Gasteiger partial charge on any atom is 0.253 e.